The van der Waals surface area contributed by atoms with Crippen molar-refractivity contribution in [3.8, 4) is 16.9 Å². The van der Waals surface area contributed by atoms with Crippen molar-refractivity contribution in [2.45, 2.75) is 13.0 Å². The number of thioether (sulfide) groups is 1. The molecule has 9 heteroatoms. The zero-order valence-electron chi connectivity index (χ0n) is 19.8. The lowest BCUT2D eigenvalue weighted by Crippen LogP contribution is -2.24. The van der Waals surface area contributed by atoms with Crippen LogP contribution >= 0.6 is 11.8 Å². The van der Waals surface area contributed by atoms with E-state index in [4.69, 9.17) is 7.48 Å². The summed E-state index contributed by atoms with van der Waals surface area (Å²) < 4.78 is 54.5. The van der Waals surface area contributed by atoms with E-state index >= 15 is 8.78 Å². The number of fused-ring (bicyclic) bond motifs is 2. The summed E-state index contributed by atoms with van der Waals surface area (Å²) in [4.78, 5) is 17.5. The third-order valence-electron chi connectivity index (χ3n) is 5.38. The number of aromatic nitrogens is 3. The molecule has 4 aromatic rings. The van der Waals surface area contributed by atoms with Crippen LogP contribution in [0.3, 0.4) is 0 Å². The third-order valence-corrected chi connectivity index (χ3v) is 5.73. The maximum Gasteiger partial charge on any atom is 0.256 e. The maximum atomic E-state index is 15.2. The number of ether oxygens (including phenoxy) is 1. The molecule has 168 valence electrons. The summed E-state index contributed by atoms with van der Waals surface area (Å²) in [5.74, 6) is -1.43. The minimum Gasteiger partial charge on any atom is -0.481 e. The number of aryl methyl sites for hydroxylation is 1. The summed E-state index contributed by atoms with van der Waals surface area (Å²) in [6.07, 6.45) is 5.04. The molecule has 1 aliphatic heterocycles. The van der Waals surface area contributed by atoms with Crippen LogP contribution in [0.2, 0.25) is 0 Å². The van der Waals surface area contributed by atoms with Gasteiger partial charge in [-0.25, -0.2) is 8.78 Å². The highest BCUT2D eigenvalue weighted by Crippen LogP contribution is 2.36. The Kier molecular flexibility index (Phi) is 4.89. The highest BCUT2D eigenvalue weighted by atomic mass is 32.2. The molecule has 0 fully saturated rings. The summed E-state index contributed by atoms with van der Waals surface area (Å²) in [6, 6.07) is 8.77. The lowest BCUT2D eigenvalue weighted by molar-refractivity contribution is 0.0763. The molecule has 5 rings (SSSR count). The fraction of sp³-hybridized carbons (Fsp3) is 0.208. The number of nitrogens with zero attached hydrogens (tertiary/aromatic N) is 4. The zero-order chi connectivity index (χ0) is 24.9. The summed E-state index contributed by atoms with van der Waals surface area (Å²) in [6.45, 7) is -2.87. The van der Waals surface area contributed by atoms with Gasteiger partial charge in [-0.15, -0.1) is 11.8 Å². The Bertz CT molecular complexity index is 1450. The van der Waals surface area contributed by atoms with Crippen molar-refractivity contribution in [1.29, 1.82) is 0 Å². The van der Waals surface area contributed by atoms with Crippen LogP contribution in [0, 0.1) is 11.6 Å². The highest BCUT2D eigenvalue weighted by Gasteiger charge is 2.29. The van der Waals surface area contributed by atoms with E-state index < -0.39 is 36.1 Å². The number of pyridine rings is 1. The molecule has 0 radical (unpaired) electrons. The number of rotatable bonds is 6. The van der Waals surface area contributed by atoms with Crippen LogP contribution in [0.5, 0.6) is 5.75 Å². The maximum absolute atomic E-state index is 15.2. The normalized spacial score (nSPS) is 15.5. The van der Waals surface area contributed by atoms with E-state index in [9.17, 15) is 4.79 Å². The molecule has 0 saturated heterocycles. The predicted octanol–water partition coefficient (Wildman–Crippen LogP) is 4.77. The standard InChI is InChI=1S/C24H20F2N4O2S/c1-29-10-17-15(5-6-22(23(17)28-29)32-13-33-2)14-8-19(25)18(20(26)9-14)11-30-12-21-16(24(30)31)4-3-7-27-21/h3-10H,11-13H2,1-2H3/i12D2. The molecule has 0 unspecified atom stereocenters. The van der Waals surface area contributed by atoms with Crippen molar-refractivity contribution >= 4 is 28.6 Å². The number of benzene rings is 2. The minimum atomic E-state index is -2.29. The van der Waals surface area contributed by atoms with Gasteiger partial charge in [-0.3, -0.25) is 14.5 Å². The van der Waals surface area contributed by atoms with Crippen LogP contribution in [0.15, 0.2) is 48.8 Å². The van der Waals surface area contributed by atoms with Gasteiger partial charge in [0.15, 0.2) is 0 Å². The van der Waals surface area contributed by atoms with Crippen LogP contribution in [-0.2, 0) is 20.1 Å². The van der Waals surface area contributed by atoms with Crippen LogP contribution in [0.4, 0.5) is 8.78 Å². The Hall–Kier alpha value is -3.46. The third kappa shape index (κ3) is 3.82. The van der Waals surface area contributed by atoms with Gasteiger partial charge in [-0.2, -0.15) is 5.10 Å². The van der Waals surface area contributed by atoms with Gasteiger partial charge in [0.05, 0.1) is 27.0 Å². The Morgan fingerprint density at radius 1 is 1.21 bits per heavy atom. The van der Waals surface area contributed by atoms with Crippen molar-refractivity contribution < 1.29 is 21.1 Å². The summed E-state index contributed by atoms with van der Waals surface area (Å²) in [5, 5.41) is 5.10. The van der Waals surface area contributed by atoms with E-state index in [0.29, 0.717) is 33.7 Å². The molecule has 0 bridgehead atoms. The molecule has 0 spiro atoms. The highest BCUT2D eigenvalue weighted by molar-refractivity contribution is 7.98. The molecule has 0 atom stereocenters. The lowest BCUT2D eigenvalue weighted by Gasteiger charge is -2.17. The Morgan fingerprint density at radius 3 is 2.73 bits per heavy atom. The van der Waals surface area contributed by atoms with Gasteiger partial charge in [0, 0.05) is 30.4 Å². The Morgan fingerprint density at radius 2 is 2.00 bits per heavy atom. The molecule has 33 heavy (non-hydrogen) atoms. The second-order valence-electron chi connectivity index (χ2n) is 7.55. The van der Waals surface area contributed by atoms with E-state index in [2.05, 4.69) is 10.1 Å². The van der Waals surface area contributed by atoms with Crippen LogP contribution in [0.25, 0.3) is 22.0 Å². The SMILES string of the molecule is [2H]C1([2H])c2ncccc2C(=O)N1Cc1c(F)cc(-c2ccc(OCSC)c3nn(C)cc23)cc1F. The Balaban J connectivity index is 1.52. The van der Waals surface area contributed by atoms with Gasteiger partial charge in [0.1, 0.15) is 28.8 Å². The number of carbonyl (C=O) groups is 1. The van der Waals surface area contributed by atoms with Gasteiger partial charge >= 0.3 is 0 Å². The number of hydrogen-bond acceptors (Lipinski definition) is 5. The predicted molar refractivity (Wildman–Crippen MR) is 123 cm³/mol. The summed E-state index contributed by atoms with van der Waals surface area (Å²) in [5.41, 5.74) is 1.05. The molecule has 2 aromatic heterocycles. The zero-order valence-corrected chi connectivity index (χ0v) is 18.6. The largest absolute Gasteiger partial charge is 0.481 e. The molecule has 0 saturated carbocycles. The molecule has 3 heterocycles. The van der Waals surface area contributed by atoms with Crippen molar-refractivity contribution in [3.05, 3.63) is 77.2 Å². The molecule has 0 aliphatic carbocycles. The van der Waals surface area contributed by atoms with E-state index in [-0.39, 0.29) is 11.3 Å². The van der Waals surface area contributed by atoms with E-state index in [0.717, 1.165) is 4.90 Å². The second kappa shape index (κ2) is 8.47. The number of hydrogen-bond donors (Lipinski definition) is 0. The number of halogens is 2. The van der Waals surface area contributed by atoms with Crippen molar-refractivity contribution in [3.63, 3.8) is 0 Å². The van der Waals surface area contributed by atoms with Crippen LogP contribution < -0.4 is 4.74 Å². The first kappa shape index (κ1) is 19.0. The fourth-order valence-electron chi connectivity index (χ4n) is 3.86. The first-order valence-corrected chi connectivity index (χ1v) is 11.5. The average molecular weight is 469 g/mol. The van der Waals surface area contributed by atoms with Gasteiger partial charge in [-0.05, 0) is 53.8 Å². The Labute approximate surface area is 196 Å². The van der Waals surface area contributed by atoms with E-state index in [1.807, 2.05) is 6.26 Å². The molecular formula is C24H20F2N4O2S. The summed E-state index contributed by atoms with van der Waals surface area (Å²) >= 11 is 1.51. The summed E-state index contributed by atoms with van der Waals surface area (Å²) in [7, 11) is 1.75. The number of carbonyl (C=O) groups excluding carboxylic acids is 1. The second-order valence-corrected chi connectivity index (χ2v) is 8.36. The smallest absolute Gasteiger partial charge is 0.256 e. The molecule has 0 N–H and O–H groups in total. The first-order chi connectivity index (χ1) is 16.7. The van der Waals surface area contributed by atoms with E-state index in [1.54, 1.807) is 30.1 Å². The molecular weight excluding hydrogens is 446 g/mol. The van der Waals surface area contributed by atoms with Crippen molar-refractivity contribution in [2.24, 2.45) is 7.05 Å². The molecule has 1 aliphatic rings. The first-order valence-electron chi connectivity index (χ1n) is 11.1. The molecule has 1 amide bonds. The monoisotopic (exact) mass is 468 g/mol. The van der Waals surface area contributed by atoms with Crippen molar-refractivity contribution in [1.82, 2.24) is 19.7 Å². The van der Waals surface area contributed by atoms with Gasteiger partial charge in [-0.1, -0.05) is 0 Å². The van der Waals surface area contributed by atoms with Crippen LogP contribution in [-0.4, -0.2) is 37.8 Å². The quantitative estimate of drug-likeness (QED) is 0.382. The number of amides is 1. The van der Waals surface area contributed by atoms with Crippen LogP contribution in [0.1, 0.15) is 24.4 Å². The van der Waals surface area contributed by atoms with E-state index in [1.165, 1.54) is 42.2 Å². The average Bonchev–Trinajstić information content (AvgIpc) is 3.30. The van der Waals surface area contributed by atoms with Crippen molar-refractivity contribution in [2.75, 3.05) is 12.2 Å². The van der Waals surface area contributed by atoms with Gasteiger partial charge < -0.3 is 9.64 Å². The topological polar surface area (TPSA) is 60.3 Å². The van der Waals surface area contributed by atoms with Gasteiger partial charge in [0.2, 0.25) is 0 Å². The fourth-order valence-corrected chi connectivity index (χ4v) is 4.10. The van der Waals surface area contributed by atoms with Gasteiger partial charge in [0.25, 0.3) is 5.91 Å². The molecule has 6 nitrogen and oxygen atoms in total. The molecule has 2 aromatic carbocycles. The minimum absolute atomic E-state index is 0.0646. The lowest BCUT2D eigenvalue weighted by atomic mass is 9.99.